The summed E-state index contributed by atoms with van der Waals surface area (Å²) in [5.74, 6) is 0.726. The predicted molar refractivity (Wildman–Crippen MR) is 80.3 cm³/mol. The van der Waals surface area contributed by atoms with E-state index in [0.29, 0.717) is 6.04 Å². The van der Waals surface area contributed by atoms with Crippen LogP contribution in [0, 0.1) is 5.92 Å². The molecule has 3 fully saturated rings. The molecule has 0 aromatic heterocycles. The minimum atomic E-state index is -0.521. The van der Waals surface area contributed by atoms with Crippen LogP contribution in [0.3, 0.4) is 0 Å². The first-order valence-electron chi connectivity index (χ1n) is 8.40. The lowest BCUT2D eigenvalue weighted by Crippen LogP contribution is -2.56. The topological polar surface area (TPSA) is 58.4 Å². The van der Waals surface area contributed by atoms with E-state index < -0.39 is 5.54 Å². The van der Waals surface area contributed by atoms with Crippen LogP contribution in [0.2, 0.25) is 0 Å². The predicted octanol–water partition coefficient (Wildman–Crippen LogP) is 1.64. The third-order valence-electron chi connectivity index (χ3n) is 5.65. The SMILES string of the molecule is CC(CCN1CCCC2CCCC21)(NC1CC1)C(N)=O. The Bertz CT molecular complexity index is 369. The molecule has 114 valence electrons. The third-order valence-corrected chi connectivity index (χ3v) is 5.65. The average Bonchev–Trinajstić information content (AvgIpc) is 3.09. The van der Waals surface area contributed by atoms with Gasteiger partial charge >= 0.3 is 0 Å². The fraction of sp³-hybridized carbons (Fsp3) is 0.938. The van der Waals surface area contributed by atoms with Crippen molar-refractivity contribution in [1.82, 2.24) is 10.2 Å². The van der Waals surface area contributed by atoms with Crippen LogP contribution in [0.5, 0.6) is 0 Å². The number of piperidine rings is 1. The summed E-state index contributed by atoms with van der Waals surface area (Å²) in [6.07, 6.45) is 10.1. The molecule has 3 aliphatic rings. The fourth-order valence-corrected chi connectivity index (χ4v) is 4.15. The van der Waals surface area contributed by atoms with E-state index in [1.165, 1.54) is 51.5 Å². The van der Waals surface area contributed by atoms with E-state index in [9.17, 15) is 4.79 Å². The Kier molecular flexibility index (Phi) is 4.04. The Labute approximate surface area is 122 Å². The Balaban J connectivity index is 1.57. The Morgan fingerprint density at radius 3 is 2.70 bits per heavy atom. The normalized spacial score (nSPS) is 33.6. The van der Waals surface area contributed by atoms with Gasteiger partial charge in [-0.2, -0.15) is 0 Å². The molecule has 3 atom stereocenters. The van der Waals surface area contributed by atoms with E-state index in [0.717, 1.165) is 24.9 Å². The molecule has 0 radical (unpaired) electrons. The number of hydrogen-bond donors (Lipinski definition) is 2. The van der Waals surface area contributed by atoms with Gasteiger partial charge in [0.15, 0.2) is 0 Å². The summed E-state index contributed by atoms with van der Waals surface area (Å²) in [7, 11) is 0. The largest absolute Gasteiger partial charge is 0.368 e. The summed E-state index contributed by atoms with van der Waals surface area (Å²) in [5, 5.41) is 3.46. The molecule has 2 aliphatic carbocycles. The van der Waals surface area contributed by atoms with Crippen LogP contribution < -0.4 is 11.1 Å². The Hall–Kier alpha value is -0.610. The van der Waals surface area contributed by atoms with E-state index in [1.807, 2.05) is 6.92 Å². The van der Waals surface area contributed by atoms with Crippen molar-refractivity contribution in [3.8, 4) is 0 Å². The van der Waals surface area contributed by atoms with Gasteiger partial charge in [0.25, 0.3) is 0 Å². The first kappa shape index (κ1) is 14.3. The number of fused-ring (bicyclic) bond motifs is 1. The second-order valence-corrected chi connectivity index (χ2v) is 7.30. The van der Waals surface area contributed by atoms with Gasteiger partial charge in [0.1, 0.15) is 0 Å². The zero-order chi connectivity index (χ0) is 14.2. The lowest BCUT2D eigenvalue weighted by molar-refractivity contribution is -0.124. The minimum Gasteiger partial charge on any atom is -0.368 e. The monoisotopic (exact) mass is 279 g/mol. The minimum absolute atomic E-state index is 0.190. The lowest BCUT2D eigenvalue weighted by atomic mass is 9.90. The first-order valence-corrected chi connectivity index (χ1v) is 8.40. The maximum absolute atomic E-state index is 11.8. The van der Waals surface area contributed by atoms with E-state index in [-0.39, 0.29) is 5.91 Å². The highest BCUT2D eigenvalue weighted by Gasteiger charge is 2.39. The summed E-state index contributed by atoms with van der Waals surface area (Å²) in [5.41, 5.74) is 5.13. The summed E-state index contributed by atoms with van der Waals surface area (Å²) in [4.78, 5) is 14.5. The number of likely N-dealkylation sites (tertiary alicyclic amines) is 1. The quantitative estimate of drug-likeness (QED) is 0.777. The highest BCUT2D eigenvalue weighted by Crippen LogP contribution is 2.37. The van der Waals surface area contributed by atoms with Crippen LogP contribution in [0.15, 0.2) is 0 Å². The van der Waals surface area contributed by atoms with Crippen molar-refractivity contribution in [3.05, 3.63) is 0 Å². The molecule has 2 saturated carbocycles. The van der Waals surface area contributed by atoms with Crippen molar-refractivity contribution in [1.29, 1.82) is 0 Å². The Morgan fingerprint density at radius 2 is 2.00 bits per heavy atom. The molecule has 1 saturated heterocycles. The van der Waals surface area contributed by atoms with Crippen LogP contribution in [0.1, 0.15) is 58.3 Å². The van der Waals surface area contributed by atoms with E-state index in [2.05, 4.69) is 10.2 Å². The maximum Gasteiger partial charge on any atom is 0.237 e. The third kappa shape index (κ3) is 3.01. The van der Waals surface area contributed by atoms with Crippen LogP contribution in [-0.4, -0.2) is 41.5 Å². The van der Waals surface area contributed by atoms with E-state index in [1.54, 1.807) is 0 Å². The van der Waals surface area contributed by atoms with Crippen LogP contribution in [0.25, 0.3) is 0 Å². The van der Waals surface area contributed by atoms with Crippen molar-refractivity contribution in [2.24, 2.45) is 11.7 Å². The molecule has 1 aliphatic heterocycles. The standard InChI is InChI=1S/C16H29N3O/c1-16(15(17)20,18-13-7-8-13)9-11-19-10-3-5-12-4-2-6-14(12)19/h12-14,18H,2-11H2,1H3,(H2,17,20). The number of carbonyl (C=O) groups excluding carboxylic acids is 1. The van der Waals surface area contributed by atoms with Gasteiger partial charge in [-0.05, 0) is 64.3 Å². The zero-order valence-electron chi connectivity index (χ0n) is 12.7. The molecule has 3 unspecified atom stereocenters. The number of nitrogens with two attached hydrogens (primary N) is 1. The van der Waals surface area contributed by atoms with Crippen LogP contribution >= 0.6 is 0 Å². The first-order chi connectivity index (χ1) is 9.58. The number of carbonyl (C=O) groups is 1. The summed E-state index contributed by atoms with van der Waals surface area (Å²) >= 11 is 0. The molecule has 0 bridgehead atoms. The second-order valence-electron chi connectivity index (χ2n) is 7.30. The maximum atomic E-state index is 11.8. The van der Waals surface area contributed by atoms with Gasteiger partial charge in [-0.25, -0.2) is 0 Å². The number of rotatable bonds is 6. The van der Waals surface area contributed by atoms with Crippen molar-refractivity contribution in [2.45, 2.75) is 75.9 Å². The molecule has 4 nitrogen and oxygen atoms in total. The zero-order valence-corrected chi connectivity index (χ0v) is 12.7. The van der Waals surface area contributed by atoms with E-state index in [4.69, 9.17) is 5.73 Å². The van der Waals surface area contributed by atoms with Gasteiger partial charge in [0, 0.05) is 18.6 Å². The average molecular weight is 279 g/mol. The molecule has 20 heavy (non-hydrogen) atoms. The lowest BCUT2D eigenvalue weighted by Gasteiger charge is -2.39. The number of nitrogens with zero attached hydrogens (tertiary/aromatic N) is 1. The number of amides is 1. The van der Waals surface area contributed by atoms with Gasteiger partial charge in [0.2, 0.25) is 5.91 Å². The van der Waals surface area contributed by atoms with Crippen molar-refractivity contribution in [3.63, 3.8) is 0 Å². The molecule has 4 heteroatoms. The molecular formula is C16H29N3O. The molecule has 0 aromatic carbocycles. The molecule has 3 rings (SSSR count). The van der Waals surface area contributed by atoms with Gasteiger partial charge in [-0.3, -0.25) is 4.79 Å². The van der Waals surface area contributed by atoms with Crippen molar-refractivity contribution < 1.29 is 4.79 Å². The number of hydrogen-bond acceptors (Lipinski definition) is 3. The number of primary amides is 1. The molecule has 0 aromatic rings. The van der Waals surface area contributed by atoms with Crippen molar-refractivity contribution >= 4 is 5.91 Å². The summed E-state index contributed by atoms with van der Waals surface area (Å²) < 4.78 is 0. The molecule has 3 N–H and O–H groups in total. The Morgan fingerprint density at radius 1 is 1.25 bits per heavy atom. The van der Waals surface area contributed by atoms with Gasteiger partial charge in [-0.1, -0.05) is 6.42 Å². The second kappa shape index (κ2) is 5.64. The molecular weight excluding hydrogens is 250 g/mol. The molecule has 0 spiro atoms. The number of nitrogens with one attached hydrogen (secondary N) is 1. The highest BCUT2D eigenvalue weighted by molar-refractivity contribution is 5.84. The van der Waals surface area contributed by atoms with Crippen LogP contribution in [0.4, 0.5) is 0 Å². The smallest absolute Gasteiger partial charge is 0.237 e. The van der Waals surface area contributed by atoms with Gasteiger partial charge < -0.3 is 16.0 Å². The summed E-state index contributed by atoms with van der Waals surface area (Å²) in [6.45, 7) is 4.21. The van der Waals surface area contributed by atoms with E-state index >= 15 is 0 Å². The molecule has 1 amide bonds. The van der Waals surface area contributed by atoms with Crippen LogP contribution in [-0.2, 0) is 4.79 Å². The summed E-state index contributed by atoms with van der Waals surface area (Å²) in [6, 6.07) is 1.30. The van der Waals surface area contributed by atoms with Gasteiger partial charge in [0.05, 0.1) is 5.54 Å². The van der Waals surface area contributed by atoms with Gasteiger partial charge in [-0.15, -0.1) is 0 Å². The highest BCUT2D eigenvalue weighted by atomic mass is 16.1. The fourth-order valence-electron chi connectivity index (χ4n) is 4.15. The molecule has 1 heterocycles. The van der Waals surface area contributed by atoms with Crippen molar-refractivity contribution in [2.75, 3.05) is 13.1 Å².